The van der Waals surface area contributed by atoms with Crippen LogP contribution in [0.4, 0.5) is 0 Å². The van der Waals surface area contributed by atoms with Crippen molar-refractivity contribution in [2.75, 3.05) is 6.61 Å². The van der Waals surface area contributed by atoms with Gasteiger partial charge in [0.15, 0.2) is 0 Å². The zero-order chi connectivity index (χ0) is 12.7. The molecule has 0 aliphatic carbocycles. The van der Waals surface area contributed by atoms with Crippen LogP contribution in [-0.4, -0.2) is 17.6 Å². The molecule has 0 saturated heterocycles. The molecule has 0 aliphatic heterocycles. The van der Waals surface area contributed by atoms with Crippen molar-refractivity contribution in [3.8, 4) is 5.75 Å². The van der Waals surface area contributed by atoms with Crippen LogP contribution in [0.3, 0.4) is 0 Å². The average molecular weight is 257 g/mol. The molecule has 0 saturated carbocycles. The molecule has 0 aromatic heterocycles. The Kier molecular flexibility index (Phi) is 5.63. The molecular weight excluding hydrogens is 240 g/mol. The summed E-state index contributed by atoms with van der Waals surface area (Å²) in [5, 5.41) is 11.9. The highest BCUT2D eigenvalue weighted by Crippen LogP contribution is 2.25. The van der Waals surface area contributed by atoms with Gasteiger partial charge in [0.1, 0.15) is 11.6 Å². The Balaban J connectivity index is 2.29. The Bertz CT molecular complexity index is 394. The lowest BCUT2D eigenvalue weighted by Crippen LogP contribution is -2.11. The predicted molar refractivity (Wildman–Crippen MR) is 68.9 cm³/mol. The normalized spacial score (nSPS) is 11.5. The minimum atomic E-state index is 0.249. The number of aryl methyl sites for hydroxylation is 1. The quantitative estimate of drug-likeness (QED) is 0.270. The van der Waals surface area contributed by atoms with Crippen molar-refractivity contribution < 1.29 is 9.94 Å². The van der Waals surface area contributed by atoms with Gasteiger partial charge in [0, 0.05) is 6.42 Å². The number of benzene rings is 1. The van der Waals surface area contributed by atoms with Gasteiger partial charge in [-0.15, -0.1) is 0 Å². The van der Waals surface area contributed by atoms with E-state index in [4.69, 9.17) is 27.3 Å². The van der Waals surface area contributed by atoms with E-state index in [0.29, 0.717) is 23.8 Å². The summed E-state index contributed by atoms with van der Waals surface area (Å²) in [5.41, 5.74) is 6.46. The van der Waals surface area contributed by atoms with Gasteiger partial charge in [0.2, 0.25) is 0 Å². The number of unbranched alkanes of at least 4 members (excludes halogenated alkanes) is 1. The molecular formula is C12H17ClN2O2. The molecule has 3 N–H and O–H groups in total. The minimum Gasteiger partial charge on any atom is -0.492 e. The Morgan fingerprint density at radius 3 is 2.94 bits per heavy atom. The first-order chi connectivity index (χ1) is 8.13. The number of amidine groups is 1. The molecule has 0 heterocycles. The van der Waals surface area contributed by atoms with Gasteiger partial charge in [-0.3, -0.25) is 0 Å². The number of ether oxygens (including phenoxy) is 1. The molecule has 17 heavy (non-hydrogen) atoms. The zero-order valence-corrected chi connectivity index (χ0v) is 10.6. The van der Waals surface area contributed by atoms with Gasteiger partial charge in [0.05, 0.1) is 11.6 Å². The molecule has 0 bridgehead atoms. The molecule has 4 nitrogen and oxygen atoms in total. The van der Waals surface area contributed by atoms with E-state index in [1.54, 1.807) is 0 Å². The molecule has 0 unspecified atom stereocenters. The fourth-order valence-electron chi connectivity index (χ4n) is 1.36. The summed E-state index contributed by atoms with van der Waals surface area (Å²) in [4.78, 5) is 0. The first kappa shape index (κ1) is 13.6. The maximum atomic E-state index is 8.35. The number of hydrogen-bond acceptors (Lipinski definition) is 3. The van der Waals surface area contributed by atoms with Gasteiger partial charge >= 0.3 is 0 Å². The van der Waals surface area contributed by atoms with Crippen molar-refractivity contribution in [3.63, 3.8) is 0 Å². The van der Waals surface area contributed by atoms with E-state index < -0.39 is 0 Å². The summed E-state index contributed by atoms with van der Waals surface area (Å²) in [6.07, 6.45) is 2.22. The van der Waals surface area contributed by atoms with Crippen LogP contribution in [0, 0.1) is 6.92 Å². The van der Waals surface area contributed by atoms with Gasteiger partial charge < -0.3 is 15.7 Å². The van der Waals surface area contributed by atoms with E-state index >= 15 is 0 Å². The van der Waals surface area contributed by atoms with Crippen LogP contribution in [0.1, 0.15) is 24.8 Å². The van der Waals surface area contributed by atoms with Crippen LogP contribution in [0.2, 0.25) is 5.02 Å². The van der Waals surface area contributed by atoms with Crippen LogP contribution in [0.15, 0.2) is 23.4 Å². The molecule has 0 fully saturated rings. The summed E-state index contributed by atoms with van der Waals surface area (Å²) in [6.45, 7) is 2.56. The summed E-state index contributed by atoms with van der Waals surface area (Å²) in [5.74, 6) is 0.953. The third-order valence-electron chi connectivity index (χ3n) is 2.30. The summed E-state index contributed by atoms with van der Waals surface area (Å²) in [6, 6.07) is 5.67. The van der Waals surface area contributed by atoms with Gasteiger partial charge in [-0.2, -0.15) is 0 Å². The van der Waals surface area contributed by atoms with Crippen molar-refractivity contribution in [2.24, 2.45) is 10.9 Å². The minimum absolute atomic E-state index is 0.249. The number of rotatable bonds is 6. The third kappa shape index (κ3) is 4.95. The lowest BCUT2D eigenvalue weighted by molar-refractivity contribution is 0.304. The zero-order valence-electron chi connectivity index (χ0n) is 9.82. The Morgan fingerprint density at radius 2 is 2.24 bits per heavy atom. The van der Waals surface area contributed by atoms with E-state index in [9.17, 15) is 0 Å². The maximum Gasteiger partial charge on any atom is 0.139 e. The van der Waals surface area contributed by atoms with Crippen LogP contribution < -0.4 is 10.5 Å². The van der Waals surface area contributed by atoms with E-state index in [2.05, 4.69) is 5.16 Å². The fraction of sp³-hybridized carbons (Fsp3) is 0.417. The van der Waals surface area contributed by atoms with Crippen molar-refractivity contribution >= 4 is 17.4 Å². The van der Waals surface area contributed by atoms with Crippen LogP contribution in [-0.2, 0) is 0 Å². The second-order valence-corrected chi connectivity index (χ2v) is 4.24. The first-order valence-electron chi connectivity index (χ1n) is 5.49. The summed E-state index contributed by atoms with van der Waals surface area (Å²) >= 11 is 5.98. The van der Waals surface area contributed by atoms with E-state index in [1.165, 1.54) is 0 Å². The standard InChI is InChI=1S/C12H17ClN2O2/c1-9-5-6-10(13)11(8-9)17-7-3-2-4-12(14)15-16/h5-6,8,16H,2-4,7H2,1H3,(H2,14,15). The Labute approximate surface area is 106 Å². The summed E-state index contributed by atoms with van der Waals surface area (Å²) in [7, 11) is 0. The van der Waals surface area contributed by atoms with Crippen LogP contribution in [0.5, 0.6) is 5.75 Å². The smallest absolute Gasteiger partial charge is 0.139 e. The third-order valence-corrected chi connectivity index (χ3v) is 2.61. The number of hydrogen-bond donors (Lipinski definition) is 2. The van der Waals surface area contributed by atoms with Gasteiger partial charge in [-0.05, 0) is 37.5 Å². The highest BCUT2D eigenvalue weighted by Gasteiger charge is 2.01. The van der Waals surface area contributed by atoms with E-state index in [0.717, 1.165) is 18.4 Å². The van der Waals surface area contributed by atoms with Crippen molar-refractivity contribution in [2.45, 2.75) is 26.2 Å². The average Bonchev–Trinajstić information content (AvgIpc) is 2.32. The Morgan fingerprint density at radius 1 is 1.47 bits per heavy atom. The second-order valence-electron chi connectivity index (χ2n) is 3.83. The van der Waals surface area contributed by atoms with Crippen molar-refractivity contribution in [3.05, 3.63) is 28.8 Å². The molecule has 1 aromatic carbocycles. The predicted octanol–water partition coefficient (Wildman–Crippen LogP) is 2.94. The molecule has 1 rings (SSSR count). The molecule has 0 atom stereocenters. The van der Waals surface area contributed by atoms with E-state index in [1.807, 2.05) is 25.1 Å². The monoisotopic (exact) mass is 256 g/mol. The van der Waals surface area contributed by atoms with Crippen LogP contribution in [0.25, 0.3) is 0 Å². The number of nitrogens with zero attached hydrogens (tertiary/aromatic N) is 1. The molecule has 0 radical (unpaired) electrons. The highest BCUT2D eigenvalue weighted by molar-refractivity contribution is 6.32. The molecule has 0 spiro atoms. The second kappa shape index (κ2) is 7.01. The molecule has 94 valence electrons. The highest BCUT2D eigenvalue weighted by atomic mass is 35.5. The van der Waals surface area contributed by atoms with Crippen molar-refractivity contribution in [1.82, 2.24) is 0 Å². The lowest BCUT2D eigenvalue weighted by Gasteiger charge is -2.08. The lowest BCUT2D eigenvalue weighted by atomic mass is 10.2. The Hall–Kier alpha value is -1.42. The topological polar surface area (TPSA) is 67.8 Å². The molecule has 0 aliphatic rings. The van der Waals surface area contributed by atoms with Crippen LogP contribution >= 0.6 is 11.6 Å². The number of nitrogens with two attached hydrogens (primary N) is 1. The van der Waals surface area contributed by atoms with Gasteiger partial charge in [-0.1, -0.05) is 22.8 Å². The molecule has 0 amide bonds. The fourth-order valence-corrected chi connectivity index (χ4v) is 1.53. The molecule has 5 heteroatoms. The van der Waals surface area contributed by atoms with Gasteiger partial charge in [-0.25, -0.2) is 0 Å². The van der Waals surface area contributed by atoms with E-state index in [-0.39, 0.29) is 5.84 Å². The van der Waals surface area contributed by atoms with Gasteiger partial charge in [0.25, 0.3) is 0 Å². The van der Waals surface area contributed by atoms with Crippen molar-refractivity contribution in [1.29, 1.82) is 0 Å². The number of oxime groups is 1. The first-order valence-corrected chi connectivity index (χ1v) is 5.86. The largest absolute Gasteiger partial charge is 0.492 e. The summed E-state index contributed by atoms with van der Waals surface area (Å²) < 4.78 is 5.56. The molecule has 1 aromatic rings. The SMILES string of the molecule is Cc1ccc(Cl)c(OCCCC/C(N)=N/O)c1. The number of halogens is 1. The maximum absolute atomic E-state index is 8.35.